The minimum absolute atomic E-state index is 0.0847. The van der Waals surface area contributed by atoms with Crippen LogP contribution in [0, 0.1) is 28.1 Å². The Morgan fingerprint density at radius 1 is 1.24 bits per heavy atom. The summed E-state index contributed by atoms with van der Waals surface area (Å²) >= 11 is 0. The Bertz CT molecular complexity index is 480. The number of nitrogens with one attached hydrogen (secondary N) is 1. The van der Waals surface area contributed by atoms with Crippen LogP contribution in [0.15, 0.2) is 18.2 Å². The van der Waals surface area contributed by atoms with Gasteiger partial charge >= 0.3 is 0 Å². The summed E-state index contributed by atoms with van der Waals surface area (Å²) in [5, 5.41) is 29.9. The van der Waals surface area contributed by atoms with Crippen LogP contribution in [0.5, 0.6) is 0 Å². The van der Waals surface area contributed by atoms with E-state index in [9.17, 15) is 0 Å². The summed E-state index contributed by atoms with van der Waals surface area (Å²) in [7, 11) is 0. The van der Waals surface area contributed by atoms with Crippen LogP contribution in [-0.2, 0) is 0 Å². The first kappa shape index (κ1) is 13.0. The Kier molecular flexibility index (Phi) is 4.09. The molecule has 1 aromatic carbocycles. The number of hydrogen-bond acceptors (Lipinski definition) is 4. The highest BCUT2D eigenvalue weighted by Gasteiger charge is 2.16. The second kappa shape index (κ2) is 5.34. The van der Waals surface area contributed by atoms with E-state index in [1.807, 2.05) is 26.0 Å². The third kappa shape index (κ3) is 3.48. The summed E-state index contributed by atoms with van der Waals surface area (Å²) in [5.74, 6) is 0. The maximum absolute atomic E-state index is 9.12. The SMILES string of the molecule is CC(C)(CO)CNc1ccc(C#N)c(C#N)c1. The van der Waals surface area contributed by atoms with Gasteiger partial charge in [0.1, 0.15) is 12.1 Å². The predicted molar refractivity (Wildman–Crippen MR) is 65.2 cm³/mol. The van der Waals surface area contributed by atoms with Crippen molar-refractivity contribution < 1.29 is 5.11 Å². The standard InChI is InChI=1S/C13H15N3O/c1-13(2,9-17)8-16-12-4-3-10(6-14)11(5-12)7-15/h3-5,16-17H,8-9H2,1-2H3. The van der Waals surface area contributed by atoms with Crippen LogP contribution >= 0.6 is 0 Å². The number of benzene rings is 1. The summed E-state index contributed by atoms with van der Waals surface area (Å²) in [6.07, 6.45) is 0. The van der Waals surface area contributed by atoms with Gasteiger partial charge in [-0.3, -0.25) is 0 Å². The second-order valence-electron chi connectivity index (χ2n) is 4.66. The van der Waals surface area contributed by atoms with Gasteiger partial charge in [-0.15, -0.1) is 0 Å². The number of rotatable bonds is 4. The Hall–Kier alpha value is -2.04. The molecule has 0 unspecified atom stereocenters. The zero-order chi connectivity index (χ0) is 12.9. The molecule has 2 N–H and O–H groups in total. The van der Waals surface area contributed by atoms with Crippen LogP contribution < -0.4 is 5.32 Å². The van der Waals surface area contributed by atoms with Crippen molar-refractivity contribution in [3.8, 4) is 12.1 Å². The van der Waals surface area contributed by atoms with E-state index in [1.165, 1.54) is 0 Å². The second-order valence-corrected chi connectivity index (χ2v) is 4.66. The Morgan fingerprint density at radius 3 is 2.41 bits per heavy atom. The van der Waals surface area contributed by atoms with Crippen molar-refractivity contribution in [3.05, 3.63) is 29.3 Å². The highest BCUT2D eigenvalue weighted by Crippen LogP contribution is 2.18. The Morgan fingerprint density at radius 2 is 1.88 bits per heavy atom. The fraction of sp³-hybridized carbons (Fsp3) is 0.385. The molecule has 0 spiro atoms. The molecule has 0 atom stereocenters. The van der Waals surface area contributed by atoms with E-state index in [0.717, 1.165) is 5.69 Å². The molecule has 4 heteroatoms. The summed E-state index contributed by atoms with van der Waals surface area (Å²) in [6, 6.07) is 8.97. The van der Waals surface area contributed by atoms with Gasteiger partial charge in [0, 0.05) is 24.3 Å². The molecule has 1 aromatic rings. The van der Waals surface area contributed by atoms with Crippen LogP contribution in [0.3, 0.4) is 0 Å². The van der Waals surface area contributed by atoms with Gasteiger partial charge in [0.05, 0.1) is 11.1 Å². The average molecular weight is 229 g/mol. The lowest BCUT2D eigenvalue weighted by Gasteiger charge is -2.22. The van der Waals surface area contributed by atoms with E-state index in [-0.39, 0.29) is 12.0 Å². The average Bonchev–Trinajstić information content (AvgIpc) is 2.36. The molecule has 0 aromatic heterocycles. The van der Waals surface area contributed by atoms with Crippen LogP contribution in [-0.4, -0.2) is 18.3 Å². The first-order chi connectivity index (χ1) is 8.02. The normalized spacial score (nSPS) is 10.4. The smallest absolute Gasteiger partial charge is 0.101 e. The summed E-state index contributed by atoms with van der Waals surface area (Å²) in [5.41, 5.74) is 1.29. The zero-order valence-electron chi connectivity index (χ0n) is 9.99. The number of aliphatic hydroxyl groups is 1. The van der Waals surface area contributed by atoms with Gasteiger partial charge in [-0.1, -0.05) is 13.8 Å². The molecule has 88 valence electrons. The summed E-state index contributed by atoms with van der Waals surface area (Å²) < 4.78 is 0. The molecule has 0 bridgehead atoms. The van der Waals surface area contributed by atoms with Crippen molar-refractivity contribution in [3.63, 3.8) is 0 Å². The number of nitrogens with zero attached hydrogens (tertiary/aromatic N) is 2. The van der Waals surface area contributed by atoms with Gasteiger partial charge in [-0.2, -0.15) is 10.5 Å². The van der Waals surface area contributed by atoms with Gasteiger partial charge in [0.15, 0.2) is 0 Å². The van der Waals surface area contributed by atoms with E-state index in [0.29, 0.717) is 17.7 Å². The van der Waals surface area contributed by atoms with Crippen LogP contribution in [0.2, 0.25) is 0 Å². The highest BCUT2D eigenvalue weighted by molar-refractivity contribution is 5.56. The predicted octanol–water partition coefficient (Wildman–Crippen LogP) is 1.86. The van der Waals surface area contributed by atoms with Crippen molar-refractivity contribution in [2.45, 2.75) is 13.8 Å². The van der Waals surface area contributed by atoms with Gasteiger partial charge in [0.25, 0.3) is 0 Å². The van der Waals surface area contributed by atoms with Crippen molar-refractivity contribution in [2.75, 3.05) is 18.5 Å². The van der Waals surface area contributed by atoms with E-state index < -0.39 is 0 Å². The molecule has 0 saturated carbocycles. The molecule has 0 saturated heterocycles. The van der Waals surface area contributed by atoms with Crippen LogP contribution in [0.25, 0.3) is 0 Å². The maximum Gasteiger partial charge on any atom is 0.101 e. The Balaban J connectivity index is 2.82. The molecular weight excluding hydrogens is 214 g/mol. The number of hydrogen-bond donors (Lipinski definition) is 2. The van der Waals surface area contributed by atoms with E-state index in [4.69, 9.17) is 15.6 Å². The van der Waals surface area contributed by atoms with Crippen molar-refractivity contribution in [2.24, 2.45) is 5.41 Å². The Labute approximate surface area is 101 Å². The molecule has 0 aliphatic heterocycles. The lowest BCUT2D eigenvalue weighted by molar-refractivity contribution is 0.171. The molecular formula is C13H15N3O. The molecule has 1 rings (SSSR count). The fourth-order valence-electron chi connectivity index (χ4n) is 1.24. The largest absolute Gasteiger partial charge is 0.396 e. The van der Waals surface area contributed by atoms with Gasteiger partial charge in [-0.25, -0.2) is 0 Å². The topological polar surface area (TPSA) is 79.8 Å². The number of anilines is 1. The minimum Gasteiger partial charge on any atom is -0.396 e. The van der Waals surface area contributed by atoms with Crippen molar-refractivity contribution in [1.29, 1.82) is 10.5 Å². The van der Waals surface area contributed by atoms with E-state index >= 15 is 0 Å². The molecule has 4 nitrogen and oxygen atoms in total. The zero-order valence-corrected chi connectivity index (χ0v) is 9.99. The van der Waals surface area contributed by atoms with Gasteiger partial charge in [-0.05, 0) is 18.2 Å². The third-order valence-corrected chi connectivity index (χ3v) is 2.46. The van der Waals surface area contributed by atoms with Crippen molar-refractivity contribution >= 4 is 5.69 Å². The summed E-state index contributed by atoms with van der Waals surface area (Å²) in [6.45, 7) is 4.56. The van der Waals surface area contributed by atoms with E-state index in [1.54, 1.807) is 18.2 Å². The molecule has 0 fully saturated rings. The summed E-state index contributed by atoms with van der Waals surface area (Å²) in [4.78, 5) is 0. The van der Waals surface area contributed by atoms with Gasteiger partial charge in [0.2, 0.25) is 0 Å². The molecule has 0 amide bonds. The van der Waals surface area contributed by atoms with Crippen LogP contribution in [0.4, 0.5) is 5.69 Å². The highest BCUT2D eigenvalue weighted by atomic mass is 16.3. The van der Waals surface area contributed by atoms with Crippen LogP contribution in [0.1, 0.15) is 25.0 Å². The first-order valence-corrected chi connectivity index (χ1v) is 5.31. The lowest BCUT2D eigenvalue weighted by Crippen LogP contribution is -2.26. The van der Waals surface area contributed by atoms with Gasteiger partial charge < -0.3 is 10.4 Å². The molecule has 0 heterocycles. The number of nitriles is 2. The first-order valence-electron chi connectivity index (χ1n) is 5.31. The fourth-order valence-corrected chi connectivity index (χ4v) is 1.24. The molecule has 17 heavy (non-hydrogen) atoms. The minimum atomic E-state index is -0.222. The third-order valence-electron chi connectivity index (χ3n) is 2.46. The van der Waals surface area contributed by atoms with Crippen molar-refractivity contribution in [1.82, 2.24) is 0 Å². The van der Waals surface area contributed by atoms with E-state index in [2.05, 4.69) is 5.32 Å². The molecule has 0 aliphatic rings. The quantitative estimate of drug-likeness (QED) is 0.825. The monoisotopic (exact) mass is 229 g/mol. The lowest BCUT2D eigenvalue weighted by atomic mass is 9.95. The molecule has 0 aliphatic carbocycles. The number of aliphatic hydroxyl groups excluding tert-OH is 1. The molecule has 0 radical (unpaired) electrons. The maximum atomic E-state index is 9.12.